The minimum absolute atomic E-state index is 0.0674. The Balaban J connectivity index is 1.18. The van der Waals surface area contributed by atoms with Crippen LogP contribution in [0.5, 0.6) is 0 Å². The molecule has 0 spiro atoms. The van der Waals surface area contributed by atoms with Crippen LogP contribution in [0.15, 0.2) is 79.1 Å². The number of ether oxygens (including phenoxy) is 1. The van der Waals surface area contributed by atoms with Crippen LogP contribution in [0.1, 0.15) is 22.6 Å². The molecule has 0 aliphatic heterocycles. The third-order valence-electron chi connectivity index (χ3n) is 5.44. The summed E-state index contributed by atoms with van der Waals surface area (Å²) in [5.74, 6) is 0.0674. The number of carbonyl (C=O) groups excluding carboxylic acids is 1. The molecule has 0 fully saturated rings. The van der Waals surface area contributed by atoms with Crippen molar-refractivity contribution in [1.29, 1.82) is 0 Å². The lowest BCUT2D eigenvalue weighted by atomic mass is 9.98. The second-order valence-electron chi connectivity index (χ2n) is 7.29. The Hall–Kier alpha value is -3.86. The monoisotopic (exact) mass is 395 g/mol. The topological polar surface area (TPSA) is 67.0 Å². The van der Waals surface area contributed by atoms with Crippen LogP contribution in [0.4, 0.5) is 4.79 Å². The number of carbonyl (C=O) groups is 1. The van der Waals surface area contributed by atoms with Gasteiger partial charge in [0.15, 0.2) is 0 Å². The van der Waals surface area contributed by atoms with Gasteiger partial charge in [0.1, 0.15) is 12.3 Å². The molecule has 2 aromatic carbocycles. The smallest absolute Gasteiger partial charge is 0.407 e. The fourth-order valence-corrected chi connectivity index (χ4v) is 4.03. The van der Waals surface area contributed by atoms with E-state index in [9.17, 15) is 4.79 Å². The number of pyridine rings is 1. The fourth-order valence-electron chi connectivity index (χ4n) is 4.03. The number of H-pyrrole nitrogens is 1. The third kappa shape index (κ3) is 3.46. The highest BCUT2D eigenvalue weighted by Gasteiger charge is 2.28. The minimum Gasteiger partial charge on any atom is -0.449 e. The van der Waals surface area contributed by atoms with E-state index in [0.717, 1.165) is 16.6 Å². The molecule has 2 aromatic heterocycles. The molecule has 0 saturated carbocycles. The minimum atomic E-state index is -0.416. The number of benzene rings is 2. The van der Waals surface area contributed by atoms with Gasteiger partial charge in [-0.25, -0.2) is 9.78 Å². The lowest BCUT2D eigenvalue weighted by Gasteiger charge is -2.14. The largest absolute Gasteiger partial charge is 0.449 e. The molecule has 1 aliphatic carbocycles. The van der Waals surface area contributed by atoms with E-state index in [1.165, 1.54) is 22.3 Å². The first-order valence-corrected chi connectivity index (χ1v) is 9.98. The number of aromatic amines is 1. The third-order valence-corrected chi connectivity index (χ3v) is 5.44. The van der Waals surface area contributed by atoms with E-state index in [-0.39, 0.29) is 5.92 Å². The zero-order valence-electron chi connectivity index (χ0n) is 16.3. The van der Waals surface area contributed by atoms with Gasteiger partial charge in [-0.15, -0.1) is 0 Å². The number of fused-ring (bicyclic) bond motifs is 4. The molecule has 4 aromatic rings. The summed E-state index contributed by atoms with van der Waals surface area (Å²) in [6.45, 7) is 0.708. The maximum Gasteiger partial charge on any atom is 0.407 e. The van der Waals surface area contributed by atoms with Crippen molar-refractivity contribution in [3.8, 4) is 11.1 Å². The summed E-state index contributed by atoms with van der Waals surface area (Å²) < 4.78 is 5.54. The molecule has 5 rings (SSSR count). The lowest BCUT2D eigenvalue weighted by Crippen LogP contribution is -2.26. The lowest BCUT2D eigenvalue weighted by molar-refractivity contribution is 0.144. The molecule has 0 radical (unpaired) electrons. The van der Waals surface area contributed by atoms with Gasteiger partial charge in [-0.3, -0.25) is 0 Å². The molecule has 148 valence electrons. The zero-order chi connectivity index (χ0) is 20.3. The molecule has 2 heterocycles. The van der Waals surface area contributed by atoms with Crippen LogP contribution in [0.2, 0.25) is 0 Å². The second-order valence-corrected chi connectivity index (χ2v) is 7.29. The van der Waals surface area contributed by atoms with E-state index in [2.05, 4.69) is 39.6 Å². The standard InChI is InChI=1S/C25H21N3O2/c29-25(27-12-5-6-17-14-18-11-13-26-24(18)28-15-17)30-16-23-21-9-3-1-7-19(21)20-8-2-4-10-22(20)23/h1-11,13-15,23H,12,16H2,(H,26,28)(H,27,29). The molecule has 1 amide bonds. The van der Waals surface area contributed by atoms with Crippen LogP contribution in [0.3, 0.4) is 0 Å². The van der Waals surface area contributed by atoms with Gasteiger partial charge in [-0.2, -0.15) is 0 Å². The number of alkyl carbamates (subject to hydrolysis) is 1. The van der Waals surface area contributed by atoms with Crippen LogP contribution in [-0.4, -0.2) is 29.2 Å². The maximum atomic E-state index is 12.2. The molecule has 0 saturated heterocycles. The SMILES string of the molecule is O=C(NCC=Cc1cnc2[nH]ccc2c1)OCC1c2ccccc2-c2ccccc21. The fraction of sp³-hybridized carbons (Fsp3) is 0.120. The molecule has 2 N–H and O–H groups in total. The second kappa shape index (κ2) is 7.87. The number of rotatable bonds is 5. The number of amides is 1. The highest BCUT2D eigenvalue weighted by atomic mass is 16.5. The summed E-state index contributed by atoms with van der Waals surface area (Å²) >= 11 is 0. The number of hydrogen-bond donors (Lipinski definition) is 2. The zero-order valence-corrected chi connectivity index (χ0v) is 16.3. The van der Waals surface area contributed by atoms with E-state index < -0.39 is 6.09 Å². The van der Waals surface area contributed by atoms with Gasteiger partial charge in [-0.1, -0.05) is 60.7 Å². The van der Waals surface area contributed by atoms with Crippen LogP contribution >= 0.6 is 0 Å². The first-order chi connectivity index (χ1) is 14.8. The molecular formula is C25H21N3O2. The Morgan fingerprint density at radius 2 is 1.80 bits per heavy atom. The molecule has 5 heteroatoms. The number of nitrogens with one attached hydrogen (secondary N) is 2. The van der Waals surface area contributed by atoms with Gasteiger partial charge >= 0.3 is 6.09 Å². The maximum absolute atomic E-state index is 12.2. The summed E-state index contributed by atoms with van der Waals surface area (Å²) in [4.78, 5) is 19.6. The molecule has 1 aliphatic rings. The first-order valence-electron chi connectivity index (χ1n) is 9.98. The number of hydrogen-bond acceptors (Lipinski definition) is 3. The number of aromatic nitrogens is 2. The van der Waals surface area contributed by atoms with Crippen molar-refractivity contribution >= 4 is 23.2 Å². The number of nitrogens with zero attached hydrogens (tertiary/aromatic N) is 1. The predicted molar refractivity (Wildman–Crippen MR) is 118 cm³/mol. The van der Waals surface area contributed by atoms with Crippen molar-refractivity contribution in [2.45, 2.75) is 5.92 Å². The molecular weight excluding hydrogens is 374 g/mol. The summed E-state index contributed by atoms with van der Waals surface area (Å²) in [7, 11) is 0. The molecule has 30 heavy (non-hydrogen) atoms. The van der Waals surface area contributed by atoms with Crippen LogP contribution in [-0.2, 0) is 4.74 Å². The van der Waals surface area contributed by atoms with Gasteiger partial charge in [0, 0.05) is 30.2 Å². The Bertz CT molecular complexity index is 1200. The Kier molecular flexibility index (Phi) is 4.77. The Labute approximate surface area is 174 Å². The van der Waals surface area contributed by atoms with Gasteiger partial charge < -0.3 is 15.0 Å². The highest BCUT2D eigenvalue weighted by molar-refractivity contribution is 5.79. The molecule has 0 bridgehead atoms. The Morgan fingerprint density at radius 1 is 1.07 bits per heavy atom. The summed E-state index contributed by atoms with van der Waals surface area (Å²) in [6.07, 6.45) is 7.06. The van der Waals surface area contributed by atoms with E-state index >= 15 is 0 Å². The average molecular weight is 395 g/mol. The average Bonchev–Trinajstić information content (AvgIpc) is 3.37. The van der Waals surface area contributed by atoms with Gasteiger partial charge in [0.2, 0.25) is 0 Å². The van der Waals surface area contributed by atoms with E-state index in [0.29, 0.717) is 13.2 Å². The van der Waals surface area contributed by atoms with E-state index in [4.69, 9.17) is 4.74 Å². The van der Waals surface area contributed by atoms with Crippen molar-refractivity contribution in [3.05, 3.63) is 95.8 Å². The predicted octanol–water partition coefficient (Wildman–Crippen LogP) is 5.11. The highest BCUT2D eigenvalue weighted by Crippen LogP contribution is 2.44. The van der Waals surface area contributed by atoms with Crippen molar-refractivity contribution in [1.82, 2.24) is 15.3 Å². The molecule has 0 atom stereocenters. The van der Waals surface area contributed by atoms with Crippen LogP contribution in [0.25, 0.3) is 28.2 Å². The Morgan fingerprint density at radius 3 is 2.57 bits per heavy atom. The van der Waals surface area contributed by atoms with Crippen LogP contribution < -0.4 is 5.32 Å². The van der Waals surface area contributed by atoms with Gasteiger partial charge in [-0.05, 0) is 39.9 Å². The van der Waals surface area contributed by atoms with Crippen LogP contribution in [0, 0.1) is 0 Å². The van der Waals surface area contributed by atoms with Crippen molar-refractivity contribution < 1.29 is 9.53 Å². The van der Waals surface area contributed by atoms with Crippen molar-refractivity contribution in [2.75, 3.05) is 13.2 Å². The summed E-state index contributed by atoms with van der Waals surface area (Å²) in [5.41, 5.74) is 6.70. The quantitative estimate of drug-likeness (QED) is 0.493. The van der Waals surface area contributed by atoms with Gasteiger partial charge in [0.05, 0.1) is 0 Å². The molecule has 5 nitrogen and oxygen atoms in total. The van der Waals surface area contributed by atoms with E-state index in [1.54, 1.807) is 6.20 Å². The van der Waals surface area contributed by atoms with E-state index in [1.807, 2.05) is 54.7 Å². The van der Waals surface area contributed by atoms with Crippen molar-refractivity contribution in [2.24, 2.45) is 0 Å². The normalized spacial score (nSPS) is 12.8. The van der Waals surface area contributed by atoms with Crippen molar-refractivity contribution in [3.63, 3.8) is 0 Å². The summed E-state index contributed by atoms with van der Waals surface area (Å²) in [5, 5.41) is 3.84. The van der Waals surface area contributed by atoms with Gasteiger partial charge in [0.25, 0.3) is 0 Å². The summed E-state index contributed by atoms with van der Waals surface area (Å²) in [6, 6.07) is 20.6. The molecule has 0 unspecified atom stereocenters. The first kappa shape index (κ1) is 18.2.